The zero-order valence-corrected chi connectivity index (χ0v) is 14.8. The Morgan fingerprint density at radius 3 is 2.48 bits per heavy atom. The van der Waals surface area contributed by atoms with Crippen LogP contribution in [0.3, 0.4) is 0 Å². The van der Waals surface area contributed by atoms with E-state index in [1.165, 1.54) is 16.9 Å². The van der Waals surface area contributed by atoms with Crippen LogP contribution in [-0.2, 0) is 6.18 Å². The molecule has 6 nitrogen and oxygen atoms in total. The quantitative estimate of drug-likeness (QED) is 0.745. The van der Waals surface area contributed by atoms with Crippen LogP contribution in [0.25, 0.3) is 5.82 Å². The number of aryl methyl sites for hydroxylation is 1. The summed E-state index contributed by atoms with van der Waals surface area (Å²) >= 11 is 0. The van der Waals surface area contributed by atoms with E-state index in [0.29, 0.717) is 17.0 Å². The molecule has 0 fully saturated rings. The molecule has 1 N–H and O–H groups in total. The fraction of sp³-hybridized carbons (Fsp3) is 0.278. The van der Waals surface area contributed by atoms with Gasteiger partial charge in [-0.2, -0.15) is 18.3 Å². The van der Waals surface area contributed by atoms with Crippen molar-refractivity contribution in [3.63, 3.8) is 0 Å². The van der Waals surface area contributed by atoms with Crippen molar-refractivity contribution >= 4 is 5.91 Å². The highest BCUT2D eigenvalue weighted by Gasteiger charge is 2.31. The highest BCUT2D eigenvalue weighted by molar-refractivity contribution is 5.95. The molecule has 142 valence electrons. The molecule has 0 aliphatic rings. The lowest BCUT2D eigenvalue weighted by molar-refractivity contribution is -0.137. The Kier molecular flexibility index (Phi) is 4.77. The van der Waals surface area contributed by atoms with Crippen LogP contribution in [-0.4, -0.2) is 20.7 Å². The molecule has 1 amide bonds. The van der Waals surface area contributed by atoms with E-state index in [1.54, 1.807) is 26.0 Å². The molecule has 9 heteroatoms. The molecule has 0 aromatic carbocycles. The van der Waals surface area contributed by atoms with Crippen molar-refractivity contribution in [3.05, 3.63) is 65.0 Å². The fourth-order valence-corrected chi connectivity index (χ4v) is 2.57. The summed E-state index contributed by atoms with van der Waals surface area (Å²) in [6.45, 7) is 5.24. The minimum absolute atomic E-state index is 0.189. The Morgan fingerprint density at radius 2 is 1.93 bits per heavy atom. The van der Waals surface area contributed by atoms with Gasteiger partial charge in [-0.05, 0) is 45.0 Å². The molecule has 27 heavy (non-hydrogen) atoms. The van der Waals surface area contributed by atoms with Crippen LogP contribution >= 0.6 is 0 Å². The number of carbonyl (C=O) groups is 1. The van der Waals surface area contributed by atoms with Crippen LogP contribution in [0.2, 0.25) is 0 Å². The van der Waals surface area contributed by atoms with Crippen LogP contribution in [0.1, 0.15) is 46.1 Å². The first-order valence-corrected chi connectivity index (χ1v) is 8.12. The Labute approximate surface area is 153 Å². The van der Waals surface area contributed by atoms with Gasteiger partial charge in [0.05, 0.1) is 29.1 Å². The lowest BCUT2D eigenvalue weighted by Crippen LogP contribution is -2.26. The van der Waals surface area contributed by atoms with Crippen LogP contribution in [0.5, 0.6) is 0 Å². The lowest BCUT2D eigenvalue weighted by atomic mass is 10.2. The van der Waals surface area contributed by atoms with Gasteiger partial charge in [-0.1, -0.05) is 0 Å². The maximum absolute atomic E-state index is 12.7. The van der Waals surface area contributed by atoms with Gasteiger partial charge in [-0.25, -0.2) is 9.67 Å². The Morgan fingerprint density at radius 1 is 1.19 bits per heavy atom. The first-order chi connectivity index (χ1) is 12.7. The molecule has 0 spiro atoms. The average molecular weight is 378 g/mol. The molecule has 1 unspecified atom stereocenters. The van der Waals surface area contributed by atoms with Crippen molar-refractivity contribution in [1.29, 1.82) is 0 Å². The molecule has 0 aliphatic heterocycles. The highest BCUT2D eigenvalue weighted by Crippen LogP contribution is 2.29. The number of carbonyl (C=O) groups excluding carboxylic acids is 1. The molecule has 1 atom stereocenters. The smallest absolute Gasteiger partial charge is 0.417 e. The number of alkyl halides is 3. The summed E-state index contributed by atoms with van der Waals surface area (Å²) in [5, 5.41) is 6.88. The van der Waals surface area contributed by atoms with E-state index in [2.05, 4.69) is 15.4 Å². The van der Waals surface area contributed by atoms with E-state index in [0.717, 1.165) is 18.0 Å². The number of nitrogens with zero attached hydrogens (tertiary/aromatic N) is 3. The van der Waals surface area contributed by atoms with Crippen molar-refractivity contribution in [2.75, 3.05) is 0 Å². The monoisotopic (exact) mass is 378 g/mol. The summed E-state index contributed by atoms with van der Waals surface area (Å²) in [7, 11) is 0. The van der Waals surface area contributed by atoms with Crippen molar-refractivity contribution < 1.29 is 22.4 Å². The number of halogens is 3. The number of furan rings is 1. The second-order valence-electron chi connectivity index (χ2n) is 6.10. The van der Waals surface area contributed by atoms with E-state index < -0.39 is 11.7 Å². The molecule has 0 saturated heterocycles. The van der Waals surface area contributed by atoms with E-state index in [-0.39, 0.29) is 17.8 Å². The number of amides is 1. The van der Waals surface area contributed by atoms with Gasteiger partial charge >= 0.3 is 6.18 Å². The Hall–Kier alpha value is -3.10. The maximum atomic E-state index is 12.7. The van der Waals surface area contributed by atoms with E-state index >= 15 is 0 Å². The normalized spacial score (nSPS) is 12.8. The highest BCUT2D eigenvalue weighted by atomic mass is 19.4. The first-order valence-electron chi connectivity index (χ1n) is 8.12. The summed E-state index contributed by atoms with van der Waals surface area (Å²) < 4.78 is 44.8. The maximum Gasteiger partial charge on any atom is 0.417 e. The largest absolute Gasteiger partial charge is 0.464 e. The van der Waals surface area contributed by atoms with Crippen LogP contribution in [0, 0.1) is 13.8 Å². The van der Waals surface area contributed by atoms with Crippen molar-refractivity contribution in [2.45, 2.75) is 33.0 Å². The zero-order valence-electron chi connectivity index (χ0n) is 14.8. The van der Waals surface area contributed by atoms with Gasteiger partial charge in [0.2, 0.25) is 0 Å². The number of rotatable bonds is 4. The predicted octanol–water partition coefficient (Wildman–Crippen LogP) is 3.99. The zero-order chi connectivity index (χ0) is 19.8. The van der Waals surface area contributed by atoms with Crippen LogP contribution in [0.4, 0.5) is 13.2 Å². The topological polar surface area (TPSA) is 73.0 Å². The summed E-state index contributed by atoms with van der Waals surface area (Å²) in [6.07, 6.45) is -2.38. The van der Waals surface area contributed by atoms with Gasteiger partial charge in [-0.3, -0.25) is 4.79 Å². The van der Waals surface area contributed by atoms with Gasteiger partial charge in [-0.15, -0.1) is 0 Å². The predicted molar refractivity (Wildman–Crippen MR) is 90.4 cm³/mol. The SMILES string of the molecule is Cc1ccc(C(C)NC(=O)c2cnn(-c3ccc(C(F)(F)F)cn3)c2C)o1. The summed E-state index contributed by atoms with van der Waals surface area (Å²) in [5.74, 6) is 1.18. The number of hydrogen-bond acceptors (Lipinski definition) is 4. The minimum Gasteiger partial charge on any atom is -0.464 e. The van der Waals surface area contributed by atoms with E-state index in [1.807, 2.05) is 6.92 Å². The molecule has 3 aromatic rings. The second-order valence-corrected chi connectivity index (χ2v) is 6.10. The standard InChI is InChI=1S/C18H17F3N4O2/c1-10-4-6-15(27-10)11(2)24-17(26)14-9-23-25(12(14)3)16-7-5-13(8-22-16)18(19,20)21/h4-9,11H,1-3H3,(H,24,26). The fourth-order valence-electron chi connectivity index (χ4n) is 2.57. The molecular formula is C18H17F3N4O2. The molecule has 0 bridgehead atoms. The van der Waals surface area contributed by atoms with Gasteiger partial charge in [0, 0.05) is 6.20 Å². The van der Waals surface area contributed by atoms with Gasteiger partial charge < -0.3 is 9.73 Å². The molecule has 3 aromatic heterocycles. The first kappa shape index (κ1) is 18.7. The summed E-state index contributed by atoms with van der Waals surface area (Å²) in [6, 6.07) is 5.36. The van der Waals surface area contributed by atoms with E-state index in [4.69, 9.17) is 4.42 Å². The number of hydrogen-bond donors (Lipinski definition) is 1. The number of nitrogens with one attached hydrogen (secondary N) is 1. The van der Waals surface area contributed by atoms with Crippen LogP contribution in [0.15, 0.2) is 41.1 Å². The Balaban J connectivity index is 1.79. The van der Waals surface area contributed by atoms with Crippen LogP contribution < -0.4 is 5.32 Å². The Bertz CT molecular complexity index is 958. The lowest BCUT2D eigenvalue weighted by Gasteiger charge is -2.11. The van der Waals surface area contributed by atoms with Gasteiger partial charge in [0.15, 0.2) is 5.82 Å². The van der Waals surface area contributed by atoms with Crippen molar-refractivity contribution in [2.24, 2.45) is 0 Å². The van der Waals surface area contributed by atoms with E-state index in [9.17, 15) is 18.0 Å². The van der Waals surface area contributed by atoms with Gasteiger partial charge in [0.25, 0.3) is 5.91 Å². The molecule has 0 aliphatic carbocycles. The minimum atomic E-state index is -4.46. The molecule has 0 saturated carbocycles. The molecule has 0 radical (unpaired) electrons. The third-order valence-electron chi connectivity index (χ3n) is 4.08. The molecule has 3 heterocycles. The van der Waals surface area contributed by atoms with Gasteiger partial charge in [0.1, 0.15) is 11.5 Å². The second kappa shape index (κ2) is 6.90. The number of pyridine rings is 1. The average Bonchev–Trinajstić information content (AvgIpc) is 3.20. The van der Waals surface area contributed by atoms with Crippen molar-refractivity contribution in [1.82, 2.24) is 20.1 Å². The third kappa shape index (κ3) is 3.86. The van der Waals surface area contributed by atoms with Crippen molar-refractivity contribution in [3.8, 4) is 5.82 Å². The number of aromatic nitrogens is 3. The third-order valence-corrected chi connectivity index (χ3v) is 4.08. The summed E-state index contributed by atoms with van der Waals surface area (Å²) in [4.78, 5) is 16.3. The summed E-state index contributed by atoms with van der Waals surface area (Å²) in [5.41, 5.74) is -0.0917. The molecule has 3 rings (SSSR count). The molecular weight excluding hydrogens is 361 g/mol.